The Balaban J connectivity index is 0. The number of carbonyl (C=O) groups is 4. The van der Waals surface area contributed by atoms with E-state index in [4.69, 9.17) is 10.8 Å². The number of nitrogens with two attached hydrogens (primary N) is 1. The van der Waals surface area contributed by atoms with E-state index in [1.807, 2.05) is 41.8 Å². The first-order valence-corrected chi connectivity index (χ1v) is 16.0. The van der Waals surface area contributed by atoms with Gasteiger partial charge in [0, 0.05) is 44.3 Å². The number of nitrogens with one attached hydrogen (secondary N) is 1. The highest BCUT2D eigenvalue weighted by molar-refractivity contribution is 5.97. The molecule has 0 bridgehead atoms. The van der Waals surface area contributed by atoms with E-state index in [0.29, 0.717) is 39.1 Å². The van der Waals surface area contributed by atoms with Crippen LogP contribution in [0.5, 0.6) is 0 Å². The van der Waals surface area contributed by atoms with Crippen LogP contribution in [0.2, 0.25) is 0 Å². The van der Waals surface area contributed by atoms with Crippen molar-refractivity contribution in [2.75, 3.05) is 39.3 Å². The van der Waals surface area contributed by atoms with Crippen LogP contribution in [0.3, 0.4) is 0 Å². The number of terminal acetylenes is 1. The van der Waals surface area contributed by atoms with E-state index in [1.165, 1.54) is 0 Å². The molecule has 0 aromatic heterocycles. The largest absolute Gasteiger partial charge is 0.481 e. The third kappa shape index (κ3) is 24.6. The third-order valence-corrected chi connectivity index (χ3v) is 6.79. The lowest BCUT2D eigenvalue weighted by Crippen LogP contribution is -2.43. The molecule has 0 heterocycles. The van der Waals surface area contributed by atoms with E-state index in [-0.39, 0.29) is 43.6 Å². The number of unbranched alkanes of at least 4 members (excludes halogenated alkanes) is 1. The van der Waals surface area contributed by atoms with Crippen LogP contribution in [0.15, 0.2) is 28.4 Å². The predicted molar refractivity (Wildman–Crippen MR) is 186 cm³/mol. The van der Waals surface area contributed by atoms with Crippen molar-refractivity contribution in [2.45, 2.75) is 86.1 Å². The molecule has 1 rings (SSSR count). The summed E-state index contributed by atoms with van der Waals surface area (Å²) in [4.78, 5) is 48.9. The van der Waals surface area contributed by atoms with E-state index >= 15 is 0 Å². The normalized spacial score (nSPS) is 11.7. The number of amidine groups is 1. The van der Waals surface area contributed by atoms with Gasteiger partial charge in [-0.2, -0.15) is 5.10 Å². The number of benzene rings is 1. The Bertz CT molecular complexity index is 1150. The first-order valence-electron chi connectivity index (χ1n) is 16.0. The molecule has 0 aliphatic carbocycles. The van der Waals surface area contributed by atoms with Gasteiger partial charge >= 0.3 is 17.9 Å². The van der Waals surface area contributed by atoms with Crippen molar-refractivity contribution >= 4 is 35.9 Å². The molecule has 0 saturated heterocycles. The van der Waals surface area contributed by atoms with Gasteiger partial charge in [-0.15, -0.1) is 17.9 Å². The van der Waals surface area contributed by atoms with Gasteiger partial charge in [-0.1, -0.05) is 45.2 Å². The zero-order valence-electron chi connectivity index (χ0n) is 28.8. The fraction of sp³-hybridized carbons (Fsp3) is 0.588. The number of hydrogen-bond donors (Lipinski definition) is 5. The first kappa shape index (κ1) is 44.8. The van der Waals surface area contributed by atoms with Crippen molar-refractivity contribution in [1.82, 2.24) is 15.1 Å². The van der Waals surface area contributed by atoms with Gasteiger partial charge < -0.3 is 26.4 Å². The standard InChI is InChI=1S/C29H48N6O5.C3H6O2.C2H2/c1-5-8-9-23(18-27(37)38)10-12-35(14-13-34(11-6-2)21-28(39)40)20-26(36)31-19-24-15-22(4)16-25(17-24)29(30)33-32-7-3;1-2-3(4)5;1-2/h7,15-17,23H,5-6,8-14,18-21H2,1-4H3,(H2,30,33)(H,31,36)(H,37,38)(H,39,40);2H2,1H3,(H,4,5);1-2H/b32-7-;;. The summed E-state index contributed by atoms with van der Waals surface area (Å²) < 4.78 is 0. The van der Waals surface area contributed by atoms with Crippen molar-refractivity contribution in [3.05, 3.63) is 34.9 Å². The maximum absolute atomic E-state index is 13.0. The van der Waals surface area contributed by atoms with Crippen LogP contribution >= 0.6 is 0 Å². The Morgan fingerprint density at radius 2 is 1.51 bits per heavy atom. The topological polar surface area (TPSA) is 198 Å². The highest BCUT2D eigenvalue weighted by Crippen LogP contribution is 2.18. The Labute approximate surface area is 280 Å². The van der Waals surface area contributed by atoms with Gasteiger partial charge in [-0.05, 0) is 69.8 Å². The molecule has 264 valence electrons. The number of rotatable bonds is 22. The van der Waals surface area contributed by atoms with Crippen molar-refractivity contribution in [2.24, 2.45) is 21.9 Å². The minimum Gasteiger partial charge on any atom is -0.481 e. The van der Waals surface area contributed by atoms with Crippen LogP contribution in [-0.4, -0.2) is 100 Å². The monoisotopic (exact) mass is 660 g/mol. The second-order valence-corrected chi connectivity index (χ2v) is 10.9. The van der Waals surface area contributed by atoms with Crippen LogP contribution in [0, 0.1) is 25.7 Å². The Kier molecular flexibility index (Phi) is 26.7. The average Bonchev–Trinajstić information content (AvgIpc) is 3.02. The van der Waals surface area contributed by atoms with E-state index in [9.17, 15) is 29.4 Å². The number of aryl methyl sites for hydroxylation is 1. The summed E-state index contributed by atoms with van der Waals surface area (Å²) in [7, 11) is 0. The molecule has 47 heavy (non-hydrogen) atoms. The summed E-state index contributed by atoms with van der Waals surface area (Å²) in [6.07, 6.45) is 14.1. The Morgan fingerprint density at radius 1 is 0.894 bits per heavy atom. The first-order chi connectivity index (χ1) is 22.3. The predicted octanol–water partition coefficient (Wildman–Crippen LogP) is 3.82. The van der Waals surface area contributed by atoms with Crippen LogP contribution in [-0.2, 0) is 25.7 Å². The van der Waals surface area contributed by atoms with E-state index in [1.54, 1.807) is 20.1 Å². The smallest absolute Gasteiger partial charge is 0.317 e. The summed E-state index contributed by atoms with van der Waals surface area (Å²) >= 11 is 0. The molecule has 0 radical (unpaired) electrons. The number of aliphatic carboxylic acids is 3. The molecule has 1 aromatic carbocycles. The molecule has 0 saturated carbocycles. The lowest BCUT2D eigenvalue weighted by Gasteiger charge is -2.27. The van der Waals surface area contributed by atoms with Crippen LogP contribution < -0.4 is 11.1 Å². The molecule has 1 unspecified atom stereocenters. The van der Waals surface area contributed by atoms with E-state index in [2.05, 4.69) is 35.3 Å². The molecule has 0 spiro atoms. The molecule has 13 nitrogen and oxygen atoms in total. The fourth-order valence-electron chi connectivity index (χ4n) is 4.53. The zero-order valence-corrected chi connectivity index (χ0v) is 28.8. The SMILES string of the molecule is C#C.C/C=N\N=C(/N)c1cc(C)cc(CNC(=O)CN(CCC(CCCC)CC(=O)O)CCN(CCC)CC(=O)O)c1.CCC(=O)O. The van der Waals surface area contributed by atoms with Gasteiger partial charge in [0.1, 0.15) is 0 Å². The van der Waals surface area contributed by atoms with Gasteiger partial charge in [0.2, 0.25) is 5.91 Å². The molecule has 1 amide bonds. The molecular formula is C34H56N6O7. The number of amides is 1. The summed E-state index contributed by atoms with van der Waals surface area (Å²) in [5, 5.41) is 37.1. The van der Waals surface area contributed by atoms with Gasteiger partial charge in [-0.25, -0.2) is 0 Å². The maximum Gasteiger partial charge on any atom is 0.317 e. The average molecular weight is 661 g/mol. The Hall–Kier alpha value is -4.28. The van der Waals surface area contributed by atoms with Crippen molar-refractivity contribution < 1.29 is 34.5 Å². The summed E-state index contributed by atoms with van der Waals surface area (Å²) in [5.74, 6) is -2.29. The van der Waals surface area contributed by atoms with Gasteiger partial charge in [0.15, 0.2) is 5.84 Å². The summed E-state index contributed by atoms with van der Waals surface area (Å²) in [6, 6.07) is 5.74. The summed E-state index contributed by atoms with van der Waals surface area (Å²) in [5.41, 5.74) is 8.62. The van der Waals surface area contributed by atoms with Crippen molar-refractivity contribution in [3.63, 3.8) is 0 Å². The van der Waals surface area contributed by atoms with E-state index in [0.717, 1.165) is 42.4 Å². The molecule has 0 fully saturated rings. The molecular weight excluding hydrogens is 604 g/mol. The zero-order chi connectivity index (χ0) is 36.2. The third-order valence-electron chi connectivity index (χ3n) is 6.79. The van der Waals surface area contributed by atoms with Crippen molar-refractivity contribution in [1.29, 1.82) is 0 Å². The molecule has 1 atom stereocenters. The fourth-order valence-corrected chi connectivity index (χ4v) is 4.53. The second-order valence-electron chi connectivity index (χ2n) is 10.9. The highest BCUT2D eigenvalue weighted by atomic mass is 16.4. The molecule has 0 aliphatic rings. The molecule has 6 N–H and O–H groups in total. The lowest BCUT2D eigenvalue weighted by molar-refractivity contribution is -0.139. The number of carboxylic acids is 3. The number of carboxylic acid groups (broad SMARTS) is 3. The van der Waals surface area contributed by atoms with Crippen LogP contribution in [0.4, 0.5) is 0 Å². The molecule has 13 heteroatoms. The van der Waals surface area contributed by atoms with Gasteiger partial charge in [-0.3, -0.25) is 29.0 Å². The van der Waals surface area contributed by atoms with Crippen molar-refractivity contribution in [3.8, 4) is 12.8 Å². The van der Waals surface area contributed by atoms with Crippen LogP contribution in [0.1, 0.15) is 89.3 Å². The highest BCUT2D eigenvalue weighted by Gasteiger charge is 2.18. The molecule has 0 aliphatic heterocycles. The minimum atomic E-state index is -0.886. The number of nitrogens with zero attached hydrogens (tertiary/aromatic N) is 4. The van der Waals surface area contributed by atoms with E-state index < -0.39 is 17.9 Å². The Morgan fingerprint density at radius 3 is 2.02 bits per heavy atom. The van der Waals surface area contributed by atoms with Gasteiger partial charge in [0.25, 0.3) is 0 Å². The van der Waals surface area contributed by atoms with Gasteiger partial charge in [0.05, 0.1) is 13.1 Å². The number of hydrogen-bond acceptors (Lipinski definition) is 8. The molecule has 1 aromatic rings. The summed E-state index contributed by atoms with van der Waals surface area (Å²) in [6.45, 7) is 12.0. The number of carbonyl (C=O) groups excluding carboxylic acids is 1. The quantitative estimate of drug-likeness (QED) is 0.0527. The van der Waals surface area contributed by atoms with Crippen LogP contribution in [0.25, 0.3) is 0 Å². The minimum absolute atomic E-state index is 0.0312. The second kappa shape index (κ2) is 28.0. The maximum atomic E-state index is 13.0. The lowest BCUT2D eigenvalue weighted by atomic mass is 9.95.